The normalized spacial score (nSPS) is 14.9. The van der Waals surface area contributed by atoms with E-state index in [1.54, 1.807) is 0 Å². The number of benzene rings is 1. The summed E-state index contributed by atoms with van der Waals surface area (Å²) < 4.78 is 0. The topological polar surface area (TPSA) is 58.2 Å². The standard InChI is InChI=1S/C17H24N2O2/c20-16(18-12-10-14-6-2-1-3-7-14)17(21)19-13-11-15-8-4-5-9-15/h1-3,6-7,15H,4-5,8-13H2,(H,18,20)(H,19,21). The predicted octanol–water partition coefficient (Wildman–Crippen LogP) is 2.04. The summed E-state index contributed by atoms with van der Waals surface area (Å²) in [7, 11) is 0. The van der Waals surface area contributed by atoms with Crippen molar-refractivity contribution in [2.45, 2.75) is 38.5 Å². The van der Waals surface area contributed by atoms with Crippen LogP contribution < -0.4 is 10.6 Å². The number of nitrogens with one attached hydrogen (secondary N) is 2. The lowest BCUT2D eigenvalue weighted by Gasteiger charge is -2.10. The molecule has 1 fully saturated rings. The van der Waals surface area contributed by atoms with E-state index in [4.69, 9.17) is 0 Å². The number of carbonyl (C=O) groups is 2. The monoisotopic (exact) mass is 288 g/mol. The lowest BCUT2D eigenvalue weighted by molar-refractivity contribution is -0.139. The van der Waals surface area contributed by atoms with E-state index in [0.717, 1.165) is 24.3 Å². The Balaban J connectivity index is 1.57. The van der Waals surface area contributed by atoms with E-state index >= 15 is 0 Å². The van der Waals surface area contributed by atoms with Gasteiger partial charge in [-0.05, 0) is 24.3 Å². The molecule has 1 aliphatic rings. The number of hydrogen-bond donors (Lipinski definition) is 2. The first-order chi connectivity index (χ1) is 10.3. The summed E-state index contributed by atoms with van der Waals surface area (Å²) in [6, 6.07) is 9.90. The van der Waals surface area contributed by atoms with Crippen molar-refractivity contribution >= 4 is 11.8 Å². The molecule has 1 aromatic rings. The molecule has 2 N–H and O–H groups in total. The molecule has 1 aromatic carbocycles. The molecule has 0 saturated heterocycles. The van der Waals surface area contributed by atoms with Crippen molar-refractivity contribution in [1.82, 2.24) is 10.6 Å². The molecule has 21 heavy (non-hydrogen) atoms. The fourth-order valence-electron chi connectivity index (χ4n) is 2.81. The largest absolute Gasteiger partial charge is 0.348 e. The molecule has 0 aliphatic heterocycles. The van der Waals surface area contributed by atoms with Crippen LogP contribution in [0.2, 0.25) is 0 Å². The molecule has 1 aliphatic carbocycles. The molecule has 4 heteroatoms. The van der Waals surface area contributed by atoms with E-state index in [-0.39, 0.29) is 0 Å². The van der Waals surface area contributed by atoms with Crippen LogP contribution in [0.1, 0.15) is 37.7 Å². The number of rotatable bonds is 6. The van der Waals surface area contributed by atoms with Gasteiger partial charge in [-0.3, -0.25) is 9.59 Å². The van der Waals surface area contributed by atoms with Crippen LogP contribution in [0.3, 0.4) is 0 Å². The van der Waals surface area contributed by atoms with Gasteiger partial charge in [-0.2, -0.15) is 0 Å². The van der Waals surface area contributed by atoms with Crippen LogP contribution in [0.4, 0.5) is 0 Å². The van der Waals surface area contributed by atoms with Crippen LogP contribution in [-0.4, -0.2) is 24.9 Å². The molecule has 0 aromatic heterocycles. The summed E-state index contributed by atoms with van der Waals surface area (Å²) in [6.45, 7) is 1.09. The first-order valence-corrected chi connectivity index (χ1v) is 7.85. The van der Waals surface area contributed by atoms with Crippen molar-refractivity contribution in [2.24, 2.45) is 5.92 Å². The Morgan fingerprint density at radius 1 is 0.952 bits per heavy atom. The molecule has 0 spiro atoms. The quantitative estimate of drug-likeness (QED) is 0.787. The van der Waals surface area contributed by atoms with Gasteiger partial charge >= 0.3 is 11.8 Å². The zero-order chi connectivity index (χ0) is 14.9. The molecule has 4 nitrogen and oxygen atoms in total. The molecule has 1 saturated carbocycles. The highest BCUT2D eigenvalue weighted by Gasteiger charge is 2.16. The average molecular weight is 288 g/mol. The van der Waals surface area contributed by atoms with E-state index in [0.29, 0.717) is 13.1 Å². The fourth-order valence-corrected chi connectivity index (χ4v) is 2.81. The van der Waals surface area contributed by atoms with E-state index < -0.39 is 11.8 Å². The average Bonchev–Trinajstić information content (AvgIpc) is 3.01. The SMILES string of the molecule is O=C(NCCc1ccccc1)C(=O)NCCC1CCCC1. The highest BCUT2D eigenvalue weighted by molar-refractivity contribution is 6.35. The van der Waals surface area contributed by atoms with Gasteiger partial charge in [0.2, 0.25) is 0 Å². The van der Waals surface area contributed by atoms with Crippen LogP contribution in [-0.2, 0) is 16.0 Å². The van der Waals surface area contributed by atoms with E-state index in [1.807, 2.05) is 30.3 Å². The van der Waals surface area contributed by atoms with E-state index in [2.05, 4.69) is 10.6 Å². The second kappa shape index (κ2) is 8.45. The Morgan fingerprint density at radius 3 is 2.24 bits per heavy atom. The van der Waals surface area contributed by atoms with Gasteiger partial charge in [-0.15, -0.1) is 0 Å². The summed E-state index contributed by atoms with van der Waals surface area (Å²) in [5.41, 5.74) is 1.15. The summed E-state index contributed by atoms with van der Waals surface area (Å²) in [6.07, 6.45) is 6.86. The Bertz CT molecular complexity index is 453. The maximum atomic E-state index is 11.6. The summed E-state index contributed by atoms with van der Waals surface area (Å²) in [5.74, 6) is -0.315. The molecular weight excluding hydrogens is 264 g/mol. The fraction of sp³-hybridized carbons (Fsp3) is 0.529. The second-order valence-corrected chi connectivity index (χ2v) is 5.69. The van der Waals surface area contributed by atoms with Gasteiger partial charge in [0.1, 0.15) is 0 Å². The number of hydrogen-bond acceptors (Lipinski definition) is 2. The lowest BCUT2D eigenvalue weighted by atomic mass is 10.0. The highest BCUT2D eigenvalue weighted by atomic mass is 16.2. The predicted molar refractivity (Wildman–Crippen MR) is 82.7 cm³/mol. The highest BCUT2D eigenvalue weighted by Crippen LogP contribution is 2.26. The number of carbonyl (C=O) groups excluding carboxylic acids is 2. The van der Waals surface area contributed by atoms with Crippen molar-refractivity contribution in [3.05, 3.63) is 35.9 Å². The van der Waals surface area contributed by atoms with Crippen LogP contribution >= 0.6 is 0 Å². The first-order valence-electron chi connectivity index (χ1n) is 7.85. The molecular formula is C17H24N2O2. The summed E-state index contributed by atoms with van der Waals surface area (Å²) >= 11 is 0. The van der Waals surface area contributed by atoms with E-state index in [1.165, 1.54) is 25.7 Å². The molecule has 0 atom stereocenters. The smallest absolute Gasteiger partial charge is 0.309 e. The maximum absolute atomic E-state index is 11.6. The van der Waals surface area contributed by atoms with Crippen molar-refractivity contribution < 1.29 is 9.59 Å². The van der Waals surface area contributed by atoms with Crippen molar-refractivity contribution in [3.8, 4) is 0 Å². The Hall–Kier alpha value is -1.84. The van der Waals surface area contributed by atoms with Gasteiger partial charge in [0.15, 0.2) is 0 Å². The molecule has 114 valence electrons. The summed E-state index contributed by atoms with van der Waals surface area (Å²) in [5, 5.41) is 5.37. The zero-order valence-corrected chi connectivity index (χ0v) is 12.4. The van der Waals surface area contributed by atoms with Crippen LogP contribution in [0, 0.1) is 5.92 Å². The van der Waals surface area contributed by atoms with Gasteiger partial charge in [-0.1, -0.05) is 56.0 Å². The van der Waals surface area contributed by atoms with Gasteiger partial charge in [0, 0.05) is 13.1 Å². The molecule has 2 amide bonds. The van der Waals surface area contributed by atoms with Crippen LogP contribution in [0.15, 0.2) is 30.3 Å². The minimum absolute atomic E-state index is 0.485. The van der Waals surface area contributed by atoms with Crippen molar-refractivity contribution in [2.75, 3.05) is 13.1 Å². The zero-order valence-electron chi connectivity index (χ0n) is 12.4. The van der Waals surface area contributed by atoms with Crippen LogP contribution in [0.5, 0.6) is 0 Å². The third-order valence-corrected chi connectivity index (χ3v) is 4.06. The van der Waals surface area contributed by atoms with E-state index in [9.17, 15) is 9.59 Å². The Labute approximate surface area is 126 Å². The minimum atomic E-state index is -0.530. The van der Waals surface area contributed by atoms with Crippen LogP contribution in [0.25, 0.3) is 0 Å². The molecule has 0 bridgehead atoms. The minimum Gasteiger partial charge on any atom is -0.348 e. The number of amides is 2. The van der Waals surface area contributed by atoms with Crippen molar-refractivity contribution in [1.29, 1.82) is 0 Å². The second-order valence-electron chi connectivity index (χ2n) is 5.69. The molecule has 2 rings (SSSR count). The van der Waals surface area contributed by atoms with Gasteiger partial charge in [0.25, 0.3) is 0 Å². The summed E-state index contributed by atoms with van der Waals surface area (Å²) in [4.78, 5) is 23.3. The van der Waals surface area contributed by atoms with Gasteiger partial charge in [-0.25, -0.2) is 0 Å². The third kappa shape index (κ3) is 5.58. The Kier molecular flexibility index (Phi) is 6.25. The lowest BCUT2D eigenvalue weighted by Crippen LogP contribution is -2.41. The van der Waals surface area contributed by atoms with Gasteiger partial charge < -0.3 is 10.6 Å². The first kappa shape index (κ1) is 15.5. The molecule has 0 radical (unpaired) electrons. The molecule has 0 heterocycles. The Morgan fingerprint density at radius 2 is 1.57 bits per heavy atom. The third-order valence-electron chi connectivity index (χ3n) is 4.06. The molecule has 0 unspecified atom stereocenters. The van der Waals surface area contributed by atoms with Crippen molar-refractivity contribution in [3.63, 3.8) is 0 Å². The van der Waals surface area contributed by atoms with Gasteiger partial charge in [0.05, 0.1) is 0 Å². The maximum Gasteiger partial charge on any atom is 0.309 e.